The van der Waals surface area contributed by atoms with Gasteiger partial charge in [0.05, 0.1) is 16.0 Å². The molecule has 0 unspecified atom stereocenters. The topological polar surface area (TPSA) is 58.2 Å². The van der Waals surface area contributed by atoms with Crippen molar-refractivity contribution in [2.45, 2.75) is 18.3 Å². The van der Waals surface area contributed by atoms with E-state index in [-0.39, 0.29) is 5.91 Å². The van der Waals surface area contributed by atoms with E-state index in [4.69, 9.17) is 11.6 Å². The monoisotopic (exact) mass is 392 g/mol. The molecule has 0 radical (unpaired) electrons. The Balaban J connectivity index is 1.68. The first-order valence-corrected chi connectivity index (χ1v) is 8.31. The van der Waals surface area contributed by atoms with E-state index in [1.54, 1.807) is 24.3 Å². The highest BCUT2D eigenvalue weighted by Crippen LogP contribution is 2.48. The summed E-state index contributed by atoms with van der Waals surface area (Å²) >= 11 is 9.39. The third kappa shape index (κ3) is 3.26. The highest BCUT2D eigenvalue weighted by atomic mass is 79.9. The number of rotatable bonds is 3. The van der Waals surface area contributed by atoms with Crippen molar-refractivity contribution < 1.29 is 9.59 Å². The van der Waals surface area contributed by atoms with Gasteiger partial charge in [0.15, 0.2) is 0 Å². The van der Waals surface area contributed by atoms with Crippen LogP contribution in [0.5, 0.6) is 0 Å². The minimum absolute atomic E-state index is 0.212. The molecule has 0 aliphatic heterocycles. The lowest BCUT2D eigenvalue weighted by Crippen LogP contribution is -2.46. The first-order chi connectivity index (χ1) is 11.0. The van der Waals surface area contributed by atoms with E-state index < -0.39 is 11.3 Å². The summed E-state index contributed by atoms with van der Waals surface area (Å²) in [5.41, 5.74) is 5.66. The minimum Gasteiger partial charge on any atom is -0.272 e. The SMILES string of the molecule is O=C(NNC(=O)C1(c2cccc(Br)c2)CC1)c1ccccc1Cl. The molecule has 2 amide bonds. The predicted octanol–water partition coefficient (Wildman–Crippen LogP) is 3.60. The smallest absolute Gasteiger partial charge is 0.271 e. The Hall–Kier alpha value is -1.85. The third-order valence-electron chi connectivity index (χ3n) is 3.97. The van der Waals surface area contributed by atoms with Gasteiger partial charge in [0, 0.05) is 4.47 Å². The summed E-state index contributed by atoms with van der Waals surface area (Å²) in [5, 5.41) is 0.340. The average molecular weight is 394 g/mol. The fraction of sp³-hybridized carbons (Fsp3) is 0.176. The quantitative estimate of drug-likeness (QED) is 0.783. The number of nitrogens with one attached hydrogen (secondary N) is 2. The lowest BCUT2D eigenvalue weighted by Gasteiger charge is -2.16. The zero-order chi connectivity index (χ0) is 16.4. The molecule has 1 aliphatic rings. The Morgan fingerprint density at radius 1 is 1.04 bits per heavy atom. The van der Waals surface area contributed by atoms with Crippen LogP contribution >= 0.6 is 27.5 Å². The van der Waals surface area contributed by atoms with Crippen LogP contribution < -0.4 is 10.9 Å². The van der Waals surface area contributed by atoms with Crippen LogP contribution in [0.25, 0.3) is 0 Å². The summed E-state index contributed by atoms with van der Waals surface area (Å²) in [5.74, 6) is -0.648. The second-order valence-electron chi connectivity index (χ2n) is 5.48. The fourth-order valence-corrected chi connectivity index (χ4v) is 3.12. The molecule has 2 aromatic rings. The molecule has 6 heteroatoms. The molecule has 0 spiro atoms. The van der Waals surface area contributed by atoms with Crippen LogP contribution in [0.3, 0.4) is 0 Å². The van der Waals surface area contributed by atoms with Gasteiger partial charge in [-0.2, -0.15) is 0 Å². The second-order valence-corrected chi connectivity index (χ2v) is 6.80. The third-order valence-corrected chi connectivity index (χ3v) is 4.79. The normalized spacial score (nSPS) is 14.9. The lowest BCUT2D eigenvalue weighted by molar-refractivity contribution is -0.124. The molecule has 0 atom stereocenters. The Bertz CT molecular complexity index is 775. The van der Waals surface area contributed by atoms with Gasteiger partial charge in [0.25, 0.3) is 5.91 Å². The molecule has 2 aromatic carbocycles. The van der Waals surface area contributed by atoms with Crippen molar-refractivity contribution in [3.8, 4) is 0 Å². The second kappa shape index (κ2) is 6.34. The van der Waals surface area contributed by atoms with Crippen LogP contribution in [0.15, 0.2) is 53.0 Å². The van der Waals surface area contributed by atoms with Crippen LogP contribution in [0.2, 0.25) is 5.02 Å². The first kappa shape index (κ1) is 16.0. The summed E-state index contributed by atoms with van der Waals surface area (Å²) in [4.78, 5) is 24.6. The van der Waals surface area contributed by atoms with Gasteiger partial charge < -0.3 is 0 Å². The number of carbonyl (C=O) groups is 2. The van der Waals surface area contributed by atoms with E-state index in [9.17, 15) is 9.59 Å². The van der Waals surface area contributed by atoms with Gasteiger partial charge in [-0.15, -0.1) is 0 Å². The van der Waals surface area contributed by atoms with Crippen LogP contribution in [0, 0.1) is 0 Å². The van der Waals surface area contributed by atoms with Crippen LogP contribution in [-0.4, -0.2) is 11.8 Å². The van der Waals surface area contributed by atoms with Crippen molar-refractivity contribution in [2.75, 3.05) is 0 Å². The van der Waals surface area contributed by atoms with E-state index in [2.05, 4.69) is 26.8 Å². The molecule has 1 saturated carbocycles. The molecule has 118 valence electrons. The zero-order valence-corrected chi connectivity index (χ0v) is 14.4. The Morgan fingerprint density at radius 3 is 2.43 bits per heavy atom. The summed E-state index contributed by atoms with van der Waals surface area (Å²) < 4.78 is 0.925. The molecule has 23 heavy (non-hydrogen) atoms. The predicted molar refractivity (Wildman–Crippen MR) is 92.1 cm³/mol. The molecule has 0 heterocycles. The summed E-state index contributed by atoms with van der Waals surface area (Å²) in [6.45, 7) is 0. The van der Waals surface area contributed by atoms with Crippen LogP contribution in [0.4, 0.5) is 0 Å². The van der Waals surface area contributed by atoms with Crippen molar-refractivity contribution >= 4 is 39.3 Å². The highest BCUT2D eigenvalue weighted by Gasteiger charge is 2.51. The van der Waals surface area contributed by atoms with Crippen molar-refractivity contribution in [1.29, 1.82) is 0 Å². The van der Waals surface area contributed by atoms with Crippen molar-refractivity contribution in [3.63, 3.8) is 0 Å². The van der Waals surface area contributed by atoms with Crippen LogP contribution in [0.1, 0.15) is 28.8 Å². The molecule has 0 saturated heterocycles. The van der Waals surface area contributed by atoms with Gasteiger partial charge in [-0.3, -0.25) is 20.4 Å². The van der Waals surface area contributed by atoms with E-state index in [0.29, 0.717) is 10.6 Å². The molecular weight excluding hydrogens is 380 g/mol. The number of benzene rings is 2. The number of carbonyl (C=O) groups excluding carboxylic acids is 2. The Kier molecular flexibility index (Phi) is 4.41. The summed E-state index contributed by atoms with van der Waals surface area (Å²) in [6.07, 6.45) is 1.52. The number of amides is 2. The number of hydrogen-bond donors (Lipinski definition) is 2. The van der Waals surface area contributed by atoms with Gasteiger partial charge in [0.1, 0.15) is 0 Å². The molecule has 0 aromatic heterocycles. The number of halogens is 2. The molecule has 1 aliphatic carbocycles. The van der Waals surface area contributed by atoms with Gasteiger partial charge >= 0.3 is 0 Å². The number of hydrogen-bond acceptors (Lipinski definition) is 2. The largest absolute Gasteiger partial charge is 0.272 e. The van der Waals surface area contributed by atoms with Gasteiger partial charge in [-0.1, -0.05) is 51.8 Å². The average Bonchev–Trinajstić information content (AvgIpc) is 3.34. The van der Waals surface area contributed by atoms with Crippen molar-refractivity contribution in [3.05, 3.63) is 69.2 Å². The molecular formula is C17H14BrClN2O2. The van der Waals surface area contributed by atoms with Gasteiger partial charge in [-0.05, 0) is 42.7 Å². The maximum absolute atomic E-state index is 12.5. The standard InChI is InChI=1S/C17H14BrClN2O2/c18-12-5-3-4-11(10-12)17(8-9-17)16(23)21-20-15(22)13-6-1-2-7-14(13)19/h1-7,10H,8-9H2,(H,20,22)(H,21,23). The summed E-state index contributed by atoms with van der Waals surface area (Å²) in [6, 6.07) is 14.4. The lowest BCUT2D eigenvalue weighted by atomic mass is 9.95. The molecule has 1 fully saturated rings. The molecule has 2 N–H and O–H groups in total. The maximum Gasteiger partial charge on any atom is 0.271 e. The van der Waals surface area contributed by atoms with Crippen molar-refractivity contribution in [1.82, 2.24) is 10.9 Å². The van der Waals surface area contributed by atoms with E-state index >= 15 is 0 Å². The molecule has 4 nitrogen and oxygen atoms in total. The number of hydrazine groups is 1. The molecule has 3 rings (SSSR count). The van der Waals surface area contributed by atoms with E-state index in [0.717, 1.165) is 22.9 Å². The maximum atomic E-state index is 12.5. The van der Waals surface area contributed by atoms with Crippen molar-refractivity contribution in [2.24, 2.45) is 0 Å². The minimum atomic E-state index is -0.558. The highest BCUT2D eigenvalue weighted by molar-refractivity contribution is 9.10. The fourth-order valence-electron chi connectivity index (χ4n) is 2.50. The van der Waals surface area contributed by atoms with E-state index in [1.807, 2.05) is 24.3 Å². The van der Waals surface area contributed by atoms with Crippen LogP contribution in [-0.2, 0) is 10.2 Å². The Labute approximate surface area is 147 Å². The first-order valence-electron chi connectivity index (χ1n) is 7.14. The summed E-state index contributed by atoms with van der Waals surface area (Å²) in [7, 11) is 0. The van der Waals surface area contributed by atoms with Gasteiger partial charge in [-0.25, -0.2) is 0 Å². The van der Waals surface area contributed by atoms with E-state index in [1.165, 1.54) is 0 Å². The Morgan fingerprint density at radius 2 is 1.78 bits per heavy atom. The zero-order valence-electron chi connectivity index (χ0n) is 12.1. The van der Waals surface area contributed by atoms with Gasteiger partial charge in [0.2, 0.25) is 5.91 Å². The molecule has 0 bridgehead atoms.